The van der Waals surface area contributed by atoms with Crippen LogP contribution in [0.1, 0.15) is 42.9 Å². The quantitative estimate of drug-likeness (QED) is 0.701. The minimum Gasteiger partial charge on any atom is -0.486 e. The van der Waals surface area contributed by atoms with Crippen LogP contribution in [-0.2, 0) is 11.2 Å². The predicted molar refractivity (Wildman–Crippen MR) is 120 cm³/mol. The summed E-state index contributed by atoms with van der Waals surface area (Å²) in [4.78, 5) is 17.5. The standard InChI is InChI=1S/C26H31FN2O3/c27-22-6-3-19(4-7-22)16-20-9-12-28(13-10-20)18-26(30)29-11-1-2-23(29)21-5-8-24-25(17-21)32-15-14-31-24/h3-8,17,20,23H,1-2,9-16,18H2. The van der Waals surface area contributed by atoms with E-state index in [9.17, 15) is 9.18 Å². The number of hydrogen-bond donors (Lipinski definition) is 0. The van der Waals surface area contributed by atoms with Gasteiger partial charge in [-0.2, -0.15) is 0 Å². The summed E-state index contributed by atoms with van der Waals surface area (Å²) in [6.45, 7) is 4.35. The molecule has 1 atom stereocenters. The highest BCUT2D eigenvalue weighted by Gasteiger charge is 2.32. The number of likely N-dealkylation sites (tertiary alicyclic amines) is 2. The molecular formula is C26H31FN2O3. The molecular weight excluding hydrogens is 407 g/mol. The third kappa shape index (κ3) is 4.75. The van der Waals surface area contributed by atoms with E-state index < -0.39 is 0 Å². The number of amides is 1. The van der Waals surface area contributed by atoms with Crippen molar-refractivity contribution in [1.29, 1.82) is 0 Å². The third-order valence-electron chi connectivity index (χ3n) is 7.03. The summed E-state index contributed by atoms with van der Waals surface area (Å²) in [6.07, 6.45) is 5.17. The summed E-state index contributed by atoms with van der Waals surface area (Å²) >= 11 is 0. The Morgan fingerprint density at radius 1 is 0.938 bits per heavy atom. The smallest absolute Gasteiger partial charge is 0.237 e. The first-order valence-corrected chi connectivity index (χ1v) is 11.8. The number of benzene rings is 2. The van der Waals surface area contributed by atoms with E-state index in [4.69, 9.17) is 9.47 Å². The van der Waals surface area contributed by atoms with Crippen LogP contribution < -0.4 is 9.47 Å². The first-order valence-electron chi connectivity index (χ1n) is 11.8. The molecule has 0 aromatic heterocycles. The maximum Gasteiger partial charge on any atom is 0.237 e. The monoisotopic (exact) mass is 438 g/mol. The number of nitrogens with zero attached hydrogens (tertiary/aromatic N) is 2. The van der Waals surface area contributed by atoms with E-state index in [0.29, 0.717) is 25.7 Å². The van der Waals surface area contributed by atoms with E-state index >= 15 is 0 Å². The molecule has 2 saturated heterocycles. The molecule has 0 N–H and O–H groups in total. The summed E-state index contributed by atoms with van der Waals surface area (Å²) in [5.41, 5.74) is 2.33. The van der Waals surface area contributed by atoms with Crippen LogP contribution in [0.25, 0.3) is 0 Å². The summed E-state index contributed by atoms with van der Waals surface area (Å²) in [5.74, 6) is 2.22. The van der Waals surface area contributed by atoms with Crippen LogP contribution in [0.5, 0.6) is 11.5 Å². The van der Waals surface area contributed by atoms with Crippen LogP contribution in [-0.4, -0.2) is 55.1 Å². The predicted octanol–water partition coefficient (Wildman–Crippen LogP) is 4.22. The first kappa shape index (κ1) is 21.3. The van der Waals surface area contributed by atoms with Crippen molar-refractivity contribution in [2.75, 3.05) is 39.4 Å². The van der Waals surface area contributed by atoms with Gasteiger partial charge in [0.2, 0.25) is 5.91 Å². The Balaban J connectivity index is 1.15. The summed E-state index contributed by atoms with van der Waals surface area (Å²) in [7, 11) is 0. The van der Waals surface area contributed by atoms with Crippen molar-refractivity contribution in [3.05, 3.63) is 59.4 Å². The Morgan fingerprint density at radius 2 is 1.69 bits per heavy atom. The number of fused-ring (bicyclic) bond motifs is 1. The van der Waals surface area contributed by atoms with Crippen molar-refractivity contribution in [3.8, 4) is 11.5 Å². The van der Waals surface area contributed by atoms with Crippen molar-refractivity contribution >= 4 is 5.91 Å². The van der Waals surface area contributed by atoms with Gasteiger partial charge in [0.25, 0.3) is 0 Å². The zero-order valence-corrected chi connectivity index (χ0v) is 18.5. The molecule has 32 heavy (non-hydrogen) atoms. The molecule has 6 heteroatoms. The van der Waals surface area contributed by atoms with Crippen molar-refractivity contribution in [1.82, 2.24) is 9.80 Å². The minimum atomic E-state index is -0.182. The topological polar surface area (TPSA) is 42.0 Å². The maximum absolute atomic E-state index is 13.2. The molecule has 2 aromatic rings. The molecule has 3 aliphatic heterocycles. The van der Waals surface area contributed by atoms with Gasteiger partial charge < -0.3 is 14.4 Å². The maximum atomic E-state index is 13.2. The highest BCUT2D eigenvalue weighted by atomic mass is 19.1. The fourth-order valence-corrected chi connectivity index (χ4v) is 5.26. The van der Waals surface area contributed by atoms with Crippen LogP contribution >= 0.6 is 0 Å². The van der Waals surface area contributed by atoms with Crippen molar-refractivity contribution in [2.24, 2.45) is 5.92 Å². The molecule has 0 bridgehead atoms. The minimum absolute atomic E-state index is 0.120. The highest BCUT2D eigenvalue weighted by molar-refractivity contribution is 5.79. The largest absolute Gasteiger partial charge is 0.486 e. The SMILES string of the molecule is O=C(CN1CCC(Cc2ccc(F)cc2)CC1)N1CCCC1c1ccc2c(c1)OCCO2. The van der Waals surface area contributed by atoms with E-state index in [1.165, 1.54) is 17.7 Å². The number of carbonyl (C=O) groups is 1. The van der Waals surface area contributed by atoms with Gasteiger partial charge in [-0.3, -0.25) is 9.69 Å². The molecule has 5 nitrogen and oxygen atoms in total. The Hall–Kier alpha value is -2.60. The summed E-state index contributed by atoms with van der Waals surface area (Å²) < 4.78 is 24.5. The molecule has 0 radical (unpaired) electrons. The summed E-state index contributed by atoms with van der Waals surface area (Å²) in [5, 5.41) is 0. The van der Waals surface area contributed by atoms with Gasteiger partial charge >= 0.3 is 0 Å². The second kappa shape index (κ2) is 9.49. The van der Waals surface area contributed by atoms with Crippen LogP contribution in [0.2, 0.25) is 0 Å². The van der Waals surface area contributed by atoms with E-state index in [1.54, 1.807) is 0 Å². The van der Waals surface area contributed by atoms with Crippen LogP contribution in [0, 0.1) is 11.7 Å². The molecule has 5 rings (SSSR count). The van der Waals surface area contributed by atoms with Crippen molar-refractivity contribution in [3.63, 3.8) is 0 Å². The van der Waals surface area contributed by atoms with E-state index in [-0.39, 0.29) is 17.8 Å². The Bertz CT molecular complexity index is 941. The average molecular weight is 439 g/mol. The van der Waals surface area contributed by atoms with Gasteiger partial charge in [-0.05, 0) is 86.5 Å². The molecule has 0 spiro atoms. The number of rotatable bonds is 5. The Labute approximate surface area is 189 Å². The normalized spacial score (nSPS) is 21.7. The molecule has 3 aliphatic rings. The van der Waals surface area contributed by atoms with Gasteiger partial charge in [-0.25, -0.2) is 4.39 Å². The van der Waals surface area contributed by atoms with Crippen LogP contribution in [0.15, 0.2) is 42.5 Å². The van der Waals surface area contributed by atoms with Crippen molar-refractivity contribution < 1.29 is 18.7 Å². The fourth-order valence-electron chi connectivity index (χ4n) is 5.26. The zero-order valence-electron chi connectivity index (χ0n) is 18.5. The van der Waals surface area contributed by atoms with E-state index in [0.717, 1.165) is 68.8 Å². The van der Waals surface area contributed by atoms with E-state index in [2.05, 4.69) is 15.9 Å². The Morgan fingerprint density at radius 3 is 2.47 bits per heavy atom. The van der Waals surface area contributed by atoms with Crippen molar-refractivity contribution in [2.45, 2.75) is 38.1 Å². The lowest BCUT2D eigenvalue weighted by molar-refractivity contribution is -0.133. The van der Waals surface area contributed by atoms with Gasteiger partial charge in [0.15, 0.2) is 11.5 Å². The molecule has 2 fully saturated rings. The van der Waals surface area contributed by atoms with Gasteiger partial charge in [0.05, 0.1) is 12.6 Å². The zero-order chi connectivity index (χ0) is 21.9. The molecule has 1 amide bonds. The van der Waals surface area contributed by atoms with Gasteiger partial charge in [0, 0.05) is 6.54 Å². The molecule has 0 saturated carbocycles. The second-order valence-corrected chi connectivity index (χ2v) is 9.20. The van der Waals surface area contributed by atoms with Crippen LogP contribution in [0.3, 0.4) is 0 Å². The molecule has 0 aliphatic carbocycles. The third-order valence-corrected chi connectivity index (χ3v) is 7.03. The van der Waals surface area contributed by atoms with Crippen LogP contribution in [0.4, 0.5) is 4.39 Å². The number of halogens is 1. The number of piperidine rings is 1. The highest BCUT2D eigenvalue weighted by Crippen LogP contribution is 2.38. The second-order valence-electron chi connectivity index (χ2n) is 9.20. The molecule has 2 aromatic carbocycles. The lowest BCUT2D eigenvalue weighted by Crippen LogP contribution is -2.43. The lowest BCUT2D eigenvalue weighted by Gasteiger charge is -2.34. The fraction of sp³-hybridized carbons (Fsp3) is 0.500. The van der Waals surface area contributed by atoms with Gasteiger partial charge in [-0.15, -0.1) is 0 Å². The first-order chi connectivity index (χ1) is 15.7. The molecule has 1 unspecified atom stereocenters. The Kier molecular flexibility index (Phi) is 6.30. The van der Waals surface area contributed by atoms with Gasteiger partial charge in [0.1, 0.15) is 19.0 Å². The number of carbonyl (C=O) groups excluding carboxylic acids is 1. The van der Waals surface area contributed by atoms with E-state index in [1.807, 2.05) is 24.3 Å². The lowest BCUT2D eigenvalue weighted by atomic mass is 9.90. The number of hydrogen-bond acceptors (Lipinski definition) is 4. The summed E-state index contributed by atoms with van der Waals surface area (Å²) in [6, 6.07) is 13.1. The number of ether oxygens (including phenoxy) is 2. The molecule has 3 heterocycles. The van der Waals surface area contributed by atoms with Gasteiger partial charge in [-0.1, -0.05) is 18.2 Å². The average Bonchev–Trinajstić information content (AvgIpc) is 3.32. The molecule has 170 valence electrons.